The fraction of sp³-hybridized carbons (Fsp3) is 0.0385. The molecule has 2 aromatic heterocycles. The van der Waals surface area contributed by atoms with E-state index in [0.29, 0.717) is 16.9 Å². The minimum atomic E-state index is -0.357. The largest absolute Gasteiger partial charge is 0.459 e. The first-order valence-electron chi connectivity index (χ1n) is 10.6. The fourth-order valence-corrected chi connectivity index (χ4v) is 4.22. The van der Waals surface area contributed by atoms with Gasteiger partial charge < -0.3 is 20.0 Å². The number of amides is 2. The highest BCUT2D eigenvalue weighted by atomic mass is 32.2. The number of carbonyl (C=O) groups excluding carboxylic acids is 2. The number of imidazole rings is 1. The Morgan fingerprint density at radius 1 is 0.853 bits per heavy atom. The molecule has 0 unspecified atom stereocenters. The number of benzene rings is 3. The average molecular weight is 469 g/mol. The van der Waals surface area contributed by atoms with E-state index < -0.39 is 0 Å². The molecule has 0 aliphatic rings. The maximum atomic E-state index is 12.7. The van der Waals surface area contributed by atoms with E-state index in [1.54, 1.807) is 60.3 Å². The second-order valence-electron chi connectivity index (χ2n) is 7.51. The number of hydrogen-bond acceptors (Lipinski definition) is 5. The number of para-hydroxylation sites is 2. The van der Waals surface area contributed by atoms with Gasteiger partial charge >= 0.3 is 0 Å². The van der Waals surface area contributed by atoms with Crippen molar-refractivity contribution in [2.75, 3.05) is 10.6 Å². The van der Waals surface area contributed by atoms with Gasteiger partial charge in [0.05, 0.1) is 17.3 Å². The van der Waals surface area contributed by atoms with Gasteiger partial charge in [0.25, 0.3) is 11.8 Å². The Bertz CT molecular complexity index is 1410. The van der Waals surface area contributed by atoms with Crippen LogP contribution in [-0.4, -0.2) is 21.8 Å². The van der Waals surface area contributed by atoms with E-state index in [9.17, 15) is 9.59 Å². The topological polar surface area (TPSA) is 100 Å². The zero-order valence-corrected chi connectivity index (χ0v) is 18.8. The number of rotatable bonds is 7. The lowest BCUT2D eigenvalue weighted by Crippen LogP contribution is -2.13. The van der Waals surface area contributed by atoms with Crippen LogP contribution in [0.25, 0.3) is 11.0 Å². The van der Waals surface area contributed by atoms with Crippen molar-refractivity contribution in [3.63, 3.8) is 0 Å². The van der Waals surface area contributed by atoms with Crippen molar-refractivity contribution in [1.82, 2.24) is 9.97 Å². The second-order valence-corrected chi connectivity index (χ2v) is 8.48. The normalized spacial score (nSPS) is 10.8. The Labute approximate surface area is 199 Å². The van der Waals surface area contributed by atoms with Gasteiger partial charge in [-0.15, -0.1) is 0 Å². The third kappa shape index (κ3) is 5.02. The number of carbonyl (C=O) groups is 2. The molecular formula is C26H20N4O3S. The summed E-state index contributed by atoms with van der Waals surface area (Å²) >= 11 is 1.61. The molecule has 5 aromatic rings. The number of fused-ring (bicyclic) bond motifs is 1. The highest BCUT2D eigenvalue weighted by molar-refractivity contribution is 7.98. The molecule has 8 heteroatoms. The molecule has 3 aromatic carbocycles. The van der Waals surface area contributed by atoms with Crippen LogP contribution >= 0.6 is 11.8 Å². The van der Waals surface area contributed by atoms with E-state index in [1.165, 1.54) is 6.26 Å². The lowest BCUT2D eigenvalue weighted by atomic mass is 10.1. The molecular weight excluding hydrogens is 448 g/mol. The van der Waals surface area contributed by atoms with E-state index in [2.05, 4.69) is 20.6 Å². The van der Waals surface area contributed by atoms with E-state index >= 15 is 0 Å². The summed E-state index contributed by atoms with van der Waals surface area (Å²) in [5.74, 6) is 0.364. The number of thioether (sulfide) groups is 1. The van der Waals surface area contributed by atoms with Gasteiger partial charge in [0.15, 0.2) is 10.9 Å². The van der Waals surface area contributed by atoms with Crippen LogP contribution in [0.1, 0.15) is 26.5 Å². The summed E-state index contributed by atoms with van der Waals surface area (Å²) in [6, 6.07) is 25.6. The Kier molecular flexibility index (Phi) is 6.13. The van der Waals surface area contributed by atoms with Gasteiger partial charge in [-0.25, -0.2) is 4.98 Å². The minimum Gasteiger partial charge on any atom is -0.459 e. The van der Waals surface area contributed by atoms with Gasteiger partial charge in [0, 0.05) is 22.7 Å². The number of nitrogens with one attached hydrogen (secondary N) is 3. The fourth-order valence-electron chi connectivity index (χ4n) is 3.38. The molecule has 0 atom stereocenters. The number of H-pyrrole nitrogens is 1. The standard InChI is InChI=1S/C26H20N4O3S/c31-24(27-19-5-3-6-20(15-19)28-25(32)23-9-4-14-33-23)18-12-10-17(11-13-18)16-34-26-29-21-7-1-2-8-22(21)30-26/h1-15H,16H2,(H,27,31)(H,28,32)(H,29,30). The van der Waals surface area contributed by atoms with Crippen LogP contribution in [-0.2, 0) is 5.75 Å². The Morgan fingerprint density at radius 3 is 2.35 bits per heavy atom. The molecule has 168 valence electrons. The second kappa shape index (κ2) is 9.68. The lowest BCUT2D eigenvalue weighted by Gasteiger charge is -2.09. The molecule has 3 N–H and O–H groups in total. The summed E-state index contributed by atoms with van der Waals surface area (Å²) in [6.07, 6.45) is 1.44. The monoisotopic (exact) mass is 468 g/mol. The molecule has 0 spiro atoms. The third-order valence-electron chi connectivity index (χ3n) is 5.08. The average Bonchev–Trinajstić information content (AvgIpc) is 3.53. The van der Waals surface area contributed by atoms with Gasteiger partial charge in [-0.05, 0) is 60.2 Å². The van der Waals surface area contributed by atoms with Crippen LogP contribution in [0.4, 0.5) is 11.4 Å². The zero-order valence-electron chi connectivity index (χ0n) is 17.9. The SMILES string of the molecule is O=C(Nc1cccc(NC(=O)c2ccco2)c1)c1ccc(CSc2nc3ccccc3[nH]2)cc1. The molecule has 2 amide bonds. The molecule has 2 heterocycles. The van der Waals surface area contributed by atoms with Crippen molar-refractivity contribution in [1.29, 1.82) is 0 Å². The minimum absolute atomic E-state index is 0.216. The van der Waals surface area contributed by atoms with Crippen molar-refractivity contribution in [3.8, 4) is 0 Å². The molecule has 0 saturated carbocycles. The highest BCUT2D eigenvalue weighted by Crippen LogP contribution is 2.23. The van der Waals surface area contributed by atoms with Crippen molar-refractivity contribution < 1.29 is 14.0 Å². The lowest BCUT2D eigenvalue weighted by molar-refractivity contribution is 0.0995. The molecule has 0 fully saturated rings. The summed E-state index contributed by atoms with van der Waals surface area (Å²) in [7, 11) is 0. The summed E-state index contributed by atoms with van der Waals surface area (Å²) < 4.78 is 5.10. The van der Waals surface area contributed by atoms with E-state index in [0.717, 1.165) is 27.5 Å². The van der Waals surface area contributed by atoms with Gasteiger partial charge in [0.1, 0.15) is 0 Å². The molecule has 7 nitrogen and oxygen atoms in total. The van der Waals surface area contributed by atoms with Crippen LogP contribution < -0.4 is 10.6 Å². The number of hydrogen-bond donors (Lipinski definition) is 3. The predicted molar refractivity (Wildman–Crippen MR) is 133 cm³/mol. The van der Waals surface area contributed by atoms with Crippen molar-refractivity contribution in [2.45, 2.75) is 10.9 Å². The molecule has 0 radical (unpaired) electrons. The molecule has 5 rings (SSSR count). The van der Waals surface area contributed by atoms with E-state index in [1.807, 2.05) is 36.4 Å². The van der Waals surface area contributed by atoms with Gasteiger partial charge in [-0.3, -0.25) is 9.59 Å². The molecule has 0 bridgehead atoms. The first kappa shape index (κ1) is 21.5. The van der Waals surface area contributed by atoms with Crippen molar-refractivity contribution >= 4 is 46.0 Å². The third-order valence-corrected chi connectivity index (χ3v) is 6.03. The molecule has 0 aliphatic heterocycles. The maximum absolute atomic E-state index is 12.7. The number of nitrogens with zero attached hydrogens (tertiary/aromatic N) is 1. The Hall–Kier alpha value is -4.30. The van der Waals surface area contributed by atoms with Gasteiger partial charge in [0.2, 0.25) is 0 Å². The zero-order chi connectivity index (χ0) is 23.3. The summed E-state index contributed by atoms with van der Waals surface area (Å²) in [5.41, 5.74) is 4.72. The number of furan rings is 1. The Morgan fingerprint density at radius 2 is 1.62 bits per heavy atom. The summed E-state index contributed by atoms with van der Waals surface area (Å²) in [6.45, 7) is 0. The maximum Gasteiger partial charge on any atom is 0.291 e. The van der Waals surface area contributed by atoms with Crippen LogP contribution in [0.5, 0.6) is 0 Å². The van der Waals surface area contributed by atoms with E-state index in [-0.39, 0.29) is 17.6 Å². The summed E-state index contributed by atoms with van der Waals surface area (Å²) in [4.78, 5) is 32.7. The highest BCUT2D eigenvalue weighted by Gasteiger charge is 2.11. The van der Waals surface area contributed by atoms with Crippen LogP contribution in [0.15, 0.2) is 101 Å². The number of aromatic nitrogens is 2. The number of aromatic amines is 1. The first-order chi connectivity index (χ1) is 16.6. The van der Waals surface area contributed by atoms with Crippen molar-refractivity contribution in [2.24, 2.45) is 0 Å². The molecule has 0 aliphatic carbocycles. The Balaban J connectivity index is 1.18. The van der Waals surface area contributed by atoms with Crippen LogP contribution in [0, 0.1) is 0 Å². The summed E-state index contributed by atoms with van der Waals surface area (Å²) in [5, 5.41) is 6.48. The smallest absolute Gasteiger partial charge is 0.291 e. The quantitative estimate of drug-likeness (QED) is 0.256. The number of anilines is 2. The predicted octanol–water partition coefficient (Wildman–Crippen LogP) is 5.95. The molecule has 34 heavy (non-hydrogen) atoms. The van der Waals surface area contributed by atoms with Crippen molar-refractivity contribution in [3.05, 3.63) is 108 Å². The van der Waals surface area contributed by atoms with Crippen LogP contribution in [0.2, 0.25) is 0 Å². The first-order valence-corrected chi connectivity index (χ1v) is 11.6. The van der Waals surface area contributed by atoms with E-state index in [4.69, 9.17) is 4.42 Å². The van der Waals surface area contributed by atoms with Crippen LogP contribution in [0.3, 0.4) is 0 Å². The van der Waals surface area contributed by atoms with Gasteiger partial charge in [-0.2, -0.15) is 0 Å². The molecule has 0 saturated heterocycles. The van der Waals surface area contributed by atoms with Gasteiger partial charge in [-0.1, -0.05) is 42.1 Å².